The molecule has 0 saturated carbocycles. The van der Waals surface area contributed by atoms with Crippen molar-refractivity contribution in [2.24, 2.45) is 7.05 Å². The van der Waals surface area contributed by atoms with Gasteiger partial charge in [0.25, 0.3) is 5.56 Å². The molecule has 2 aromatic heterocycles. The molecule has 7 heteroatoms. The summed E-state index contributed by atoms with van der Waals surface area (Å²) in [7, 11) is 1.78. The SMILES string of the molecule is Cn1cncc1-c1nc(O)c(-c2cccc(Br)c2)c(=O)[nH]1. The van der Waals surface area contributed by atoms with Crippen LogP contribution >= 0.6 is 15.9 Å². The largest absolute Gasteiger partial charge is 0.493 e. The van der Waals surface area contributed by atoms with Gasteiger partial charge in [0.15, 0.2) is 5.82 Å². The summed E-state index contributed by atoms with van der Waals surface area (Å²) < 4.78 is 2.52. The predicted molar refractivity (Wildman–Crippen MR) is 81.9 cm³/mol. The number of aryl methyl sites for hydroxylation is 1. The quantitative estimate of drug-likeness (QED) is 0.745. The van der Waals surface area contributed by atoms with E-state index in [0.29, 0.717) is 11.3 Å². The average Bonchev–Trinajstić information content (AvgIpc) is 2.84. The van der Waals surface area contributed by atoms with Crippen molar-refractivity contribution in [3.8, 4) is 28.5 Å². The Labute approximate surface area is 128 Å². The fourth-order valence-corrected chi connectivity index (χ4v) is 2.47. The highest BCUT2D eigenvalue weighted by Crippen LogP contribution is 2.27. The summed E-state index contributed by atoms with van der Waals surface area (Å²) in [6.45, 7) is 0. The van der Waals surface area contributed by atoms with Crippen molar-refractivity contribution in [1.29, 1.82) is 0 Å². The molecule has 0 fully saturated rings. The Morgan fingerprint density at radius 3 is 2.81 bits per heavy atom. The van der Waals surface area contributed by atoms with Gasteiger partial charge in [-0.05, 0) is 17.7 Å². The van der Waals surface area contributed by atoms with Crippen molar-refractivity contribution in [3.05, 3.63) is 51.6 Å². The molecule has 2 heterocycles. The highest BCUT2D eigenvalue weighted by Gasteiger charge is 2.15. The fraction of sp³-hybridized carbons (Fsp3) is 0.0714. The van der Waals surface area contributed by atoms with Crippen LogP contribution in [0.5, 0.6) is 5.88 Å². The Hall–Kier alpha value is -2.41. The summed E-state index contributed by atoms with van der Waals surface area (Å²) in [5, 5.41) is 10.1. The fourth-order valence-electron chi connectivity index (χ4n) is 2.07. The molecule has 0 aliphatic rings. The van der Waals surface area contributed by atoms with Crippen molar-refractivity contribution in [1.82, 2.24) is 19.5 Å². The molecular weight excluding hydrogens is 336 g/mol. The van der Waals surface area contributed by atoms with Gasteiger partial charge in [-0.3, -0.25) is 4.79 Å². The highest BCUT2D eigenvalue weighted by molar-refractivity contribution is 9.10. The van der Waals surface area contributed by atoms with Gasteiger partial charge in [0.2, 0.25) is 5.88 Å². The van der Waals surface area contributed by atoms with Crippen LogP contribution in [-0.2, 0) is 7.05 Å². The maximum absolute atomic E-state index is 12.3. The second kappa shape index (κ2) is 5.17. The second-order valence-corrected chi connectivity index (χ2v) is 5.43. The third-order valence-corrected chi connectivity index (χ3v) is 3.57. The van der Waals surface area contributed by atoms with Gasteiger partial charge in [-0.25, -0.2) is 4.98 Å². The molecule has 1 aromatic carbocycles. The van der Waals surface area contributed by atoms with E-state index in [1.165, 1.54) is 0 Å². The van der Waals surface area contributed by atoms with Crippen LogP contribution in [0, 0.1) is 0 Å². The zero-order chi connectivity index (χ0) is 15.0. The first-order valence-corrected chi connectivity index (χ1v) is 6.91. The van der Waals surface area contributed by atoms with Crippen molar-refractivity contribution < 1.29 is 5.11 Å². The molecular formula is C14H11BrN4O2. The number of nitrogens with zero attached hydrogens (tertiary/aromatic N) is 3. The van der Waals surface area contributed by atoms with E-state index in [0.717, 1.165) is 4.47 Å². The molecule has 0 amide bonds. The Balaban J connectivity index is 2.18. The van der Waals surface area contributed by atoms with Gasteiger partial charge in [0.05, 0.1) is 12.5 Å². The van der Waals surface area contributed by atoms with Gasteiger partial charge in [-0.2, -0.15) is 4.98 Å². The maximum Gasteiger partial charge on any atom is 0.262 e. The molecule has 21 heavy (non-hydrogen) atoms. The minimum absolute atomic E-state index is 0.141. The summed E-state index contributed by atoms with van der Waals surface area (Å²) in [6, 6.07) is 7.11. The van der Waals surface area contributed by atoms with Gasteiger partial charge in [0, 0.05) is 11.5 Å². The summed E-state index contributed by atoms with van der Waals surface area (Å²) in [4.78, 5) is 23.0. The smallest absolute Gasteiger partial charge is 0.262 e. The van der Waals surface area contributed by atoms with Crippen LogP contribution < -0.4 is 5.56 Å². The van der Waals surface area contributed by atoms with Crippen molar-refractivity contribution in [2.45, 2.75) is 0 Å². The number of rotatable bonds is 2. The zero-order valence-corrected chi connectivity index (χ0v) is 12.6. The monoisotopic (exact) mass is 346 g/mol. The van der Waals surface area contributed by atoms with Gasteiger partial charge in [-0.15, -0.1) is 0 Å². The van der Waals surface area contributed by atoms with E-state index in [9.17, 15) is 9.90 Å². The summed E-state index contributed by atoms with van der Waals surface area (Å²) in [5.41, 5.74) is 0.939. The number of imidazole rings is 1. The molecule has 106 valence electrons. The molecule has 0 aliphatic carbocycles. The molecule has 2 N–H and O–H groups in total. The molecule has 0 saturated heterocycles. The van der Waals surface area contributed by atoms with Gasteiger partial charge in [-0.1, -0.05) is 28.1 Å². The number of hydrogen-bond donors (Lipinski definition) is 2. The Bertz CT molecular complexity index is 869. The molecule has 0 aliphatic heterocycles. The van der Waals surface area contributed by atoms with Crippen LogP contribution in [0.2, 0.25) is 0 Å². The van der Waals surface area contributed by atoms with Crippen molar-refractivity contribution >= 4 is 15.9 Å². The van der Waals surface area contributed by atoms with Crippen LogP contribution in [0.1, 0.15) is 0 Å². The van der Waals surface area contributed by atoms with E-state index < -0.39 is 5.56 Å². The first-order chi connectivity index (χ1) is 10.1. The molecule has 0 spiro atoms. The number of benzene rings is 1. The number of aromatic nitrogens is 4. The van der Waals surface area contributed by atoms with Gasteiger partial charge >= 0.3 is 0 Å². The lowest BCUT2D eigenvalue weighted by molar-refractivity contribution is 0.454. The number of aromatic amines is 1. The van der Waals surface area contributed by atoms with Crippen LogP contribution in [0.3, 0.4) is 0 Å². The predicted octanol–water partition coefficient (Wildman–Crippen LogP) is 2.31. The second-order valence-electron chi connectivity index (χ2n) is 4.51. The standard InChI is InChI=1S/C14H11BrN4O2/c1-19-7-16-6-10(19)12-17-13(20)11(14(21)18-12)8-3-2-4-9(15)5-8/h2-7H,1H3,(H2,17,18,20,21). The van der Waals surface area contributed by atoms with E-state index in [-0.39, 0.29) is 17.3 Å². The first-order valence-electron chi connectivity index (χ1n) is 6.12. The van der Waals surface area contributed by atoms with Crippen LogP contribution in [0.25, 0.3) is 22.6 Å². The van der Waals surface area contributed by atoms with Crippen molar-refractivity contribution in [2.75, 3.05) is 0 Å². The molecule has 0 bridgehead atoms. The summed E-state index contributed by atoms with van der Waals surface area (Å²) >= 11 is 3.34. The molecule has 0 radical (unpaired) electrons. The summed E-state index contributed by atoms with van der Waals surface area (Å²) in [5.74, 6) is -0.0377. The third-order valence-electron chi connectivity index (χ3n) is 3.07. The van der Waals surface area contributed by atoms with Crippen molar-refractivity contribution in [3.63, 3.8) is 0 Å². The number of aromatic hydroxyl groups is 1. The third kappa shape index (κ3) is 2.47. The van der Waals surface area contributed by atoms with Crippen LogP contribution in [0.15, 0.2) is 46.1 Å². The number of nitrogens with one attached hydrogen (secondary N) is 1. The van der Waals surface area contributed by atoms with E-state index in [1.807, 2.05) is 6.07 Å². The summed E-state index contributed by atoms with van der Waals surface area (Å²) in [6.07, 6.45) is 3.16. The average molecular weight is 347 g/mol. The molecule has 3 aromatic rings. The van der Waals surface area contributed by atoms with Crippen LogP contribution in [0.4, 0.5) is 0 Å². The zero-order valence-electron chi connectivity index (χ0n) is 11.0. The first kappa shape index (κ1) is 13.6. The lowest BCUT2D eigenvalue weighted by Gasteiger charge is -2.07. The van der Waals surface area contributed by atoms with E-state index >= 15 is 0 Å². The van der Waals surface area contributed by atoms with E-state index in [1.54, 1.807) is 42.3 Å². The van der Waals surface area contributed by atoms with E-state index in [4.69, 9.17) is 0 Å². The molecule has 3 rings (SSSR count). The highest BCUT2D eigenvalue weighted by atomic mass is 79.9. The van der Waals surface area contributed by atoms with Gasteiger partial charge in [0.1, 0.15) is 11.3 Å². The van der Waals surface area contributed by atoms with E-state index in [2.05, 4.69) is 30.9 Å². The topological polar surface area (TPSA) is 83.8 Å². The molecule has 0 atom stereocenters. The Morgan fingerprint density at radius 1 is 1.38 bits per heavy atom. The Kier molecular flexibility index (Phi) is 3.34. The maximum atomic E-state index is 12.3. The minimum atomic E-state index is -0.406. The number of halogens is 1. The minimum Gasteiger partial charge on any atom is -0.493 e. The molecule has 6 nitrogen and oxygen atoms in total. The number of H-pyrrole nitrogens is 1. The molecule has 0 unspecified atom stereocenters. The van der Waals surface area contributed by atoms with Crippen LogP contribution in [-0.4, -0.2) is 24.6 Å². The number of hydrogen-bond acceptors (Lipinski definition) is 4. The lowest BCUT2D eigenvalue weighted by atomic mass is 10.1. The normalized spacial score (nSPS) is 10.8. The Morgan fingerprint density at radius 2 is 2.19 bits per heavy atom. The van der Waals surface area contributed by atoms with Gasteiger partial charge < -0.3 is 14.7 Å². The lowest BCUT2D eigenvalue weighted by Crippen LogP contribution is -2.13.